The molecule has 4 rings (SSSR count). The van der Waals surface area contributed by atoms with Crippen molar-refractivity contribution in [2.45, 2.75) is 44.3 Å². The average Bonchev–Trinajstić information content (AvgIpc) is 2.79. The minimum absolute atomic E-state index is 0. The number of hydrogen-bond acceptors (Lipinski definition) is 7. The van der Waals surface area contributed by atoms with E-state index in [9.17, 15) is 14.9 Å². The van der Waals surface area contributed by atoms with E-state index in [4.69, 9.17) is 11.5 Å². The highest BCUT2D eigenvalue weighted by molar-refractivity contribution is 5.85. The lowest BCUT2D eigenvalue weighted by molar-refractivity contribution is 0.491. The third kappa shape index (κ3) is 5.76. The van der Waals surface area contributed by atoms with Crippen molar-refractivity contribution < 1.29 is 0 Å². The molecular formula is C23H33Cl2N7O2. The van der Waals surface area contributed by atoms with E-state index >= 15 is 0 Å². The lowest BCUT2D eigenvalue weighted by atomic mass is 10.0. The number of halogens is 2. The zero-order chi connectivity index (χ0) is 22.8. The van der Waals surface area contributed by atoms with Crippen LogP contribution in [0.1, 0.15) is 36.8 Å². The van der Waals surface area contributed by atoms with E-state index < -0.39 is 5.69 Å². The highest BCUT2D eigenvalue weighted by Gasteiger charge is 2.23. The van der Waals surface area contributed by atoms with Crippen LogP contribution in [-0.4, -0.2) is 47.4 Å². The molecule has 2 aromatic rings. The van der Waals surface area contributed by atoms with Crippen LogP contribution in [-0.2, 0) is 13.6 Å². The first-order chi connectivity index (χ1) is 15.4. The monoisotopic (exact) mass is 509 g/mol. The summed E-state index contributed by atoms with van der Waals surface area (Å²) in [6.45, 7) is 3.20. The van der Waals surface area contributed by atoms with E-state index in [1.54, 1.807) is 10.6 Å². The van der Waals surface area contributed by atoms with E-state index in [0.717, 1.165) is 61.1 Å². The van der Waals surface area contributed by atoms with Crippen LogP contribution in [0.25, 0.3) is 0 Å². The Bertz CT molecular complexity index is 1160. The maximum Gasteiger partial charge on any atom is 0.332 e. The van der Waals surface area contributed by atoms with Crippen molar-refractivity contribution in [3.8, 4) is 6.07 Å². The van der Waals surface area contributed by atoms with Crippen LogP contribution >= 0.6 is 24.8 Å². The molecule has 0 amide bonds. The fourth-order valence-corrected chi connectivity index (χ4v) is 4.72. The number of piperidine rings is 2. The summed E-state index contributed by atoms with van der Waals surface area (Å²) in [5, 5.41) is 9.71. The molecule has 2 atom stereocenters. The van der Waals surface area contributed by atoms with Gasteiger partial charge in [0.1, 0.15) is 5.82 Å². The van der Waals surface area contributed by atoms with Crippen LogP contribution in [0.15, 0.2) is 33.9 Å². The molecule has 1 aromatic heterocycles. The lowest BCUT2D eigenvalue weighted by Crippen LogP contribution is -2.47. The molecule has 186 valence electrons. The number of nitrogens with zero attached hydrogens (tertiary/aromatic N) is 5. The first-order valence-corrected chi connectivity index (χ1v) is 11.2. The van der Waals surface area contributed by atoms with E-state index in [-0.39, 0.29) is 49.0 Å². The van der Waals surface area contributed by atoms with Gasteiger partial charge in [-0.2, -0.15) is 5.26 Å². The third-order valence-corrected chi connectivity index (χ3v) is 6.52. The smallest absolute Gasteiger partial charge is 0.332 e. The number of hydrogen-bond donors (Lipinski definition) is 2. The maximum atomic E-state index is 13.1. The lowest BCUT2D eigenvalue weighted by Gasteiger charge is -2.34. The van der Waals surface area contributed by atoms with Crippen LogP contribution in [0, 0.1) is 11.3 Å². The molecule has 11 heteroatoms. The quantitative estimate of drug-likeness (QED) is 0.632. The summed E-state index contributed by atoms with van der Waals surface area (Å²) in [5.74, 6) is 0.558. The van der Waals surface area contributed by atoms with Crippen LogP contribution in [0.2, 0.25) is 0 Å². The van der Waals surface area contributed by atoms with Gasteiger partial charge in [-0.05, 0) is 49.4 Å². The molecule has 2 aliphatic rings. The number of nitrogens with two attached hydrogens (primary N) is 2. The van der Waals surface area contributed by atoms with Crippen LogP contribution in [0.5, 0.6) is 0 Å². The second-order valence-corrected chi connectivity index (χ2v) is 8.92. The Morgan fingerprint density at radius 3 is 2.24 bits per heavy atom. The Balaban J connectivity index is 0.00000204. The molecule has 0 spiro atoms. The standard InChI is InChI=1S/C23H31N7O2.2ClH/c1-27-22(31)11-21(29-9-3-5-19(26)15-29)30(23(27)32)13-17-10-20(7-6-16(17)12-24)28-8-2-4-18(25)14-28;;/h6-7,10-11,18-19H,2-5,8-9,13-15,25-26H2,1H3;2*1H/t18-,19-;;/m1../s1. The molecule has 0 unspecified atom stereocenters. The molecule has 0 radical (unpaired) electrons. The molecule has 4 N–H and O–H groups in total. The molecule has 0 saturated carbocycles. The van der Waals surface area contributed by atoms with Crippen LogP contribution in [0.3, 0.4) is 0 Å². The van der Waals surface area contributed by atoms with Gasteiger partial charge in [-0.1, -0.05) is 0 Å². The van der Waals surface area contributed by atoms with Gasteiger partial charge in [-0.3, -0.25) is 13.9 Å². The van der Waals surface area contributed by atoms with E-state index in [0.29, 0.717) is 17.9 Å². The first kappa shape index (κ1) is 27.7. The summed E-state index contributed by atoms with van der Waals surface area (Å²) in [5.41, 5.74) is 13.8. The average molecular weight is 510 g/mol. The molecule has 2 saturated heterocycles. The van der Waals surface area contributed by atoms with Gasteiger partial charge < -0.3 is 21.3 Å². The summed E-state index contributed by atoms with van der Waals surface area (Å²) in [6, 6.07) is 9.58. The van der Waals surface area contributed by atoms with Crippen molar-refractivity contribution in [2.75, 3.05) is 36.0 Å². The van der Waals surface area contributed by atoms with E-state index in [1.165, 1.54) is 13.1 Å². The van der Waals surface area contributed by atoms with Gasteiger partial charge in [0.05, 0.1) is 18.2 Å². The fraction of sp³-hybridized carbons (Fsp3) is 0.522. The normalized spacial score (nSPS) is 20.2. The van der Waals surface area contributed by atoms with Crippen molar-refractivity contribution in [2.24, 2.45) is 18.5 Å². The minimum atomic E-state index is -0.402. The number of rotatable bonds is 4. The molecule has 0 aliphatic carbocycles. The summed E-state index contributed by atoms with van der Waals surface area (Å²) in [4.78, 5) is 29.8. The van der Waals surface area contributed by atoms with Gasteiger partial charge in [0.2, 0.25) is 0 Å². The third-order valence-electron chi connectivity index (χ3n) is 6.52. The maximum absolute atomic E-state index is 13.1. The summed E-state index contributed by atoms with van der Waals surface area (Å²) >= 11 is 0. The Morgan fingerprint density at radius 2 is 1.62 bits per heavy atom. The highest BCUT2D eigenvalue weighted by Crippen LogP contribution is 2.25. The van der Waals surface area contributed by atoms with Crippen molar-refractivity contribution in [3.63, 3.8) is 0 Å². The van der Waals surface area contributed by atoms with Gasteiger partial charge in [0, 0.05) is 57.1 Å². The molecule has 2 aliphatic heterocycles. The van der Waals surface area contributed by atoms with Gasteiger partial charge in [-0.15, -0.1) is 24.8 Å². The van der Waals surface area contributed by atoms with Crippen LogP contribution in [0.4, 0.5) is 11.5 Å². The van der Waals surface area contributed by atoms with Crippen LogP contribution < -0.4 is 32.5 Å². The Labute approximate surface area is 211 Å². The Kier molecular flexibility index (Phi) is 9.59. The molecule has 0 bridgehead atoms. The predicted octanol–water partition coefficient (Wildman–Crippen LogP) is 1.17. The van der Waals surface area contributed by atoms with Crippen molar-refractivity contribution >= 4 is 36.3 Å². The predicted molar refractivity (Wildman–Crippen MR) is 140 cm³/mol. The van der Waals surface area contributed by atoms with Gasteiger partial charge in [-0.25, -0.2) is 4.79 Å². The Hall–Kier alpha value is -2.51. The molecule has 9 nitrogen and oxygen atoms in total. The summed E-state index contributed by atoms with van der Waals surface area (Å²) in [6.07, 6.45) is 3.85. The largest absolute Gasteiger partial charge is 0.370 e. The second kappa shape index (κ2) is 11.8. The topological polar surface area (TPSA) is 126 Å². The van der Waals surface area contributed by atoms with E-state index in [1.807, 2.05) is 17.0 Å². The zero-order valence-electron chi connectivity index (χ0n) is 19.4. The van der Waals surface area contributed by atoms with Gasteiger partial charge in [0.15, 0.2) is 0 Å². The van der Waals surface area contributed by atoms with E-state index in [2.05, 4.69) is 11.0 Å². The number of aromatic nitrogens is 2. The van der Waals surface area contributed by atoms with Crippen molar-refractivity contribution in [1.82, 2.24) is 9.13 Å². The summed E-state index contributed by atoms with van der Waals surface area (Å²) < 4.78 is 2.69. The molecule has 34 heavy (non-hydrogen) atoms. The number of anilines is 2. The van der Waals surface area contributed by atoms with Gasteiger partial charge in [0.25, 0.3) is 5.56 Å². The summed E-state index contributed by atoms with van der Waals surface area (Å²) in [7, 11) is 1.48. The first-order valence-electron chi connectivity index (χ1n) is 11.2. The molecule has 2 fully saturated rings. The second-order valence-electron chi connectivity index (χ2n) is 8.92. The number of nitriles is 1. The minimum Gasteiger partial charge on any atom is -0.370 e. The fourth-order valence-electron chi connectivity index (χ4n) is 4.72. The highest BCUT2D eigenvalue weighted by atomic mass is 35.5. The number of benzene rings is 1. The van der Waals surface area contributed by atoms with Crippen molar-refractivity contribution in [3.05, 3.63) is 56.2 Å². The Morgan fingerprint density at radius 1 is 1.00 bits per heavy atom. The zero-order valence-corrected chi connectivity index (χ0v) is 21.0. The molecule has 3 heterocycles. The van der Waals surface area contributed by atoms with Crippen molar-refractivity contribution in [1.29, 1.82) is 5.26 Å². The van der Waals surface area contributed by atoms with Gasteiger partial charge >= 0.3 is 5.69 Å². The SMILES string of the molecule is Cl.Cl.Cn1c(=O)cc(N2CCC[C@@H](N)C2)n(Cc2cc(N3CCC[C@@H](N)C3)ccc2C#N)c1=O. The molecule has 1 aromatic carbocycles. The molecular weight excluding hydrogens is 477 g/mol.